The maximum atomic E-state index is 12.1. The first kappa shape index (κ1) is 13.3. The van der Waals surface area contributed by atoms with Gasteiger partial charge in [0.05, 0.1) is 12.5 Å². The average Bonchev–Trinajstić information content (AvgIpc) is 2.69. The number of hydrogen-bond acceptors (Lipinski definition) is 4. The lowest BCUT2D eigenvalue weighted by molar-refractivity contribution is -0.139. The number of carbonyl (C=O) groups excluding carboxylic acids is 1. The van der Waals surface area contributed by atoms with Gasteiger partial charge in [0.15, 0.2) is 0 Å². The smallest absolute Gasteiger partial charge is 0.305 e. The quantitative estimate of drug-likeness (QED) is 0.733. The van der Waals surface area contributed by atoms with Crippen molar-refractivity contribution < 1.29 is 14.7 Å². The zero-order valence-electron chi connectivity index (χ0n) is 9.60. The summed E-state index contributed by atoms with van der Waals surface area (Å²) < 4.78 is 0. The summed E-state index contributed by atoms with van der Waals surface area (Å²) in [6.07, 6.45) is 0.00375. The van der Waals surface area contributed by atoms with Gasteiger partial charge < -0.3 is 10.0 Å². The van der Waals surface area contributed by atoms with Crippen LogP contribution in [0.1, 0.15) is 20.3 Å². The van der Waals surface area contributed by atoms with E-state index in [9.17, 15) is 9.59 Å². The number of nitrogens with one attached hydrogen (secondary N) is 1. The summed E-state index contributed by atoms with van der Waals surface area (Å²) in [5.74, 6) is 0.713. The Labute approximate surface area is 99.6 Å². The van der Waals surface area contributed by atoms with Crippen molar-refractivity contribution in [1.82, 2.24) is 10.2 Å². The van der Waals surface area contributed by atoms with Crippen LogP contribution in [0.4, 0.5) is 0 Å². The van der Waals surface area contributed by atoms with Crippen molar-refractivity contribution in [2.24, 2.45) is 0 Å². The number of nitrogens with zero attached hydrogens (tertiary/aromatic N) is 1. The molecule has 1 atom stereocenters. The zero-order chi connectivity index (χ0) is 12.1. The molecule has 1 heterocycles. The molecule has 1 aliphatic rings. The molecule has 1 fully saturated rings. The van der Waals surface area contributed by atoms with Crippen LogP contribution in [-0.2, 0) is 9.59 Å². The van der Waals surface area contributed by atoms with Crippen molar-refractivity contribution in [1.29, 1.82) is 0 Å². The molecule has 0 aromatic carbocycles. The van der Waals surface area contributed by atoms with Gasteiger partial charge in [-0.05, 0) is 13.8 Å². The van der Waals surface area contributed by atoms with Crippen molar-refractivity contribution >= 4 is 23.6 Å². The minimum atomic E-state index is -0.868. The van der Waals surface area contributed by atoms with E-state index < -0.39 is 5.97 Å². The van der Waals surface area contributed by atoms with E-state index in [0.29, 0.717) is 0 Å². The van der Waals surface area contributed by atoms with Gasteiger partial charge in [0.2, 0.25) is 5.91 Å². The lowest BCUT2D eigenvalue weighted by atomic mass is 10.2. The predicted octanol–water partition coefficient (Wildman–Crippen LogP) is 0.361. The maximum absolute atomic E-state index is 12.1. The Morgan fingerprint density at radius 2 is 2.25 bits per heavy atom. The highest BCUT2D eigenvalue weighted by molar-refractivity contribution is 7.99. The van der Waals surface area contributed by atoms with Gasteiger partial charge in [0.25, 0.3) is 0 Å². The Morgan fingerprint density at radius 3 is 2.69 bits per heavy atom. The Morgan fingerprint density at radius 1 is 1.56 bits per heavy atom. The zero-order valence-corrected chi connectivity index (χ0v) is 10.4. The number of aliphatic carboxylic acids is 1. The Hall–Kier alpha value is -0.750. The first-order valence-electron chi connectivity index (χ1n) is 5.35. The molecule has 6 heteroatoms. The van der Waals surface area contributed by atoms with E-state index in [0.717, 1.165) is 11.6 Å². The Bertz CT molecular complexity index is 265. The van der Waals surface area contributed by atoms with Crippen LogP contribution in [0.25, 0.3) is 0 Å². The topological polar surface area (TPSA) is 69.6 Å². The molecule has 92 valence electrons. The molecule has 5 nitrogen and oxygen atoms in total. The maximum Gasteiger partial charge on any atom is 0.305 e. The normalized spacial score (nSPS) is 20.1. The molecule has 0 bridgehead atoms. The fourth-order valence-electron chi connectivity index (χ4n) is 1.59. The molecule has 0 spiro atoms. The minimum Gasteiger partial charge on any atom is -0.481 e. The molecule has 1 unspecified atom stereocenters. The molecule has 0 saturated carbocycles. The van der Waals surface area contributed by atoms with Crippen LogP contribution < -0.4 is 5.32 Å². The first-order valence-corrected chi connectivity index (χ1v) is 6.51. The molecule has 0 radical (unpaired) electrons. The molecule has 0 aliphatic carbocycles. The highest BCUT2D eigenvalue weighted by atomic mass is 32.2. The van der Waals surface area contributed by atoms with E-state index in [2.05, 4.69) is 5.32 Å². The molecular weight excluding hydrogens is 228 g/mol. The van der Waals surface area contributed by atoms with Gasteiger partial charge >= 0.3 is 5.97 Å². The summed E-state index contributed by atoms with van der Waals surface area (Å²) in [6, 6.07) is -0.111. The summed E-state index contributed by atoms with van der Waals surface area (Å²) >= 11 is 1.69. The third-order valence-corrected chi connectivity index (χ3v) is 3.43. The van der Waals surface area contributed by atoms with Gasteiger partial charge in [-0.15, -0.1) is 11.8 Å². The first-order chi connectivity index (χ1) is 7.52. The van der Waals surface area contributed by atoms with Crippen LogP contribution in [0.3, 0.4) is 0 Å². The number of amides is 1. The van der Waals surface area contributed by atoms with Crippen LogP contribution in [0, 0.1) is 0 Å². The second-order valence-electron chi connectivity index (χ2n) is 4.04. The van der Waals surface area contributed by atoms with Gasteiger partial charge in [-0.2, -0.15) is 0 Å². The average molecular weight is 246 g/mol. The van der Waals surface area contributed by atoms with E-state index in [4.69, 9.17) is 5.11 Å². The van der Waals surface area contributed by atoms with Crippen LogP contribution in [0.2, 0.25) is 0 Å². The summed E-state index contributed by atoms with van der Waals surface area (Å²) in [6.45, 7) is 4.10. The summed E-state index contributed by atoms with van der Waals surface area (Å²) in [7, 11) is 0. The fraction of sp³-hybridized carbons (Fsp3) is 0.800. The molecule has 0 aromatic heterocycles. The highest BCUT2D eigenvalue weighted by Crippen LogP contribution is 2.13. The SMILES string of the molecule is CC(C)N(CCC(=O)O)C(=O)C1CSCN1. The predicted molar refractivity (Wildman–Crippen MR) is 63.4 cm³/mol. The van der Waals surface area contributed by atoms with Crippen molar-refractivity contribution in [2.75, 3.05) is 18.2 Å². The molecule has 1 amide bonds. The molecule has 16 heavy (non-hydrogen) atoms. The monoisotopic (exact) mass is 246 g/mol. The van der Waals surface area contributed by atoms with E-state index in [1.807, 2.05) is 13.8 Å². The van der Waals surface area contributed by atoms with Crippen LogP contribution >= 0.6 is 11.8 Å². The molecule has 1 aliphatic heterocycles. The number of rotatable bonds is 5. The molecular formula is C10H18N2O3S. The largest absolute Gasteiger partial charge is 0.481 e. The van der Waals surface area contributed by atoms with Gasteiger partial charge in [-0.3, -0.25) is 14.9 Å². The lowest BCUT2D eigenvalue weighted by Gasteiger charge is -2.28. The van der Waals surface area contributed by atoms with Crippen LogP contribution in [0.5, 0.6) is 0 Å². The van der Waals surface area contributed by atoms with Crippen LogP contribution in [0.15, 0.2) is 0 Å². The van der Waals surface area contributed by atoms with Gasteiger partial charge in [0, 0.05) is 24.2 Å². The summed E-state index contributed by atoms with van der Waals surface area (Å²) in [4.78, 5) is 24.2. The van der Waals surface area contributed by atoms with Crippen molar-refractivity contribution in [3.05, 3.63) is 0 Å². The van der Waals surface area contributed by atoms with Gasteiger partial charge in [0.1, 0.15) is 0 Å². The second-order valence-corrected chi connectivity index (χ2v) is 5.07. The summed E-state index contributed by atoms with van der Waals surface area (Å²) in [5.41, 5.74) is 0. The van der Waals surface area contributed by atoms with Crippen molar-refractivity contribution in [3.8, 4) is 0 Å². The molecule has 2 N–H and O–H groups in total. The number of carbonyl (C=O) groups is 2. The van der Waals surface area contributed by atoms with E-state index in [1.54, 1.807) is 16.7 Å². The number of hydrogen-bond donors (Lipinski definition) is 2. The van der Waals surface area contributed by atoms with Gasteiger partial charge in [-0.25, -0.2) is 0 Å². The standard InChI is InChI=1S/C10H18N2O3S/c1-7(2)12(4-3-9(13)14)10(15)8-5-16-6-11-8/h7-8,11H,3-6H2,1-2H3,(H,13,14). The summed E-state index contributed by atoms with van der Waals surface area (Å²) in [5, 5.41) is 11.7. The van der Waals surface area contributed by atoms with Crippen LogP contribution in [-0.4, -0.2) is 52.1 Å². The fourth-order valence-corrected chi connectivity index (χ4v) is 2.53. The molecule has 1 rings (SSSR count). The van der Waals surface area contributed by atoms with E-state index in [1.165, 1.54) is 0 Å². The lowest BCUT2D eigenvalue weighted by Crippen LogP contribution is -2.48. The second kappa shape index (κ2) is 6.10. The number of carboxylic acid groups (broad SMARTS) is 1. The molecule has 1 saturated heterocycles. The Kier molecular flexibility index (Phi) is 5.08. The van der Waals surface area contributed by atoms with Crippen molar-refractivity contribution in [2.45, 2.75) is 32.4 Å². The van der Waals surface area contributed by atoms with E-state index in [-0.39, 0.29) is 31.0 Å². The third kappa shape index (κ3) is 3.68. The third-order valence-electron chi connectivity index (χ3n) is 2.49. The Balaban J connectivity index is 2.54. The van der Waals surface area contributed by atoms with E-state index >= 15 is 0 Å². The molecule has 0 aromatic rings. The number of thioether (sulfide) groups is 1. The minimum absolute atomic E-state index is 0.00375. The van der Waals surface area contributed by atoms with Crippen molar-refractivity contribution in [3.63, 3.8) is 0 Å². The number of carboxylic acids is 1. The highest BCUT2D eigenvalue weighted by Gasteiger charge is 2.28. The van der Waals surface area contributed by atoms with Gasteiger partial charge in [-0.1, -0.05) is 0 Å².